The van der Waals surface area contributed by atoms with Gasteiger partial charge in [0, 0.05) is 18.0 Å². The third-order valence-electron chi connectivity index (χ3n) is 5.14. The standard InChI is InChI=1S/C22H23N3O3S/c23-22(27)24-19(20-9-4-10-29-20)11-21(26)25-12-17(13-25)28-14-16-7-3-6-15-5-1-2-8-18(15)16/h1-10,17,19H,11-14H2,(H3,23,24,27). The first-order valence-corrected chi connectivity index (χ1v) is 10.4. The van der Waals surface area contributed by atoms with E-state index in [0.717, 1.165) is 10.4 Å². The fraction of sp³-hybridized carbons (Fsp3) is 0.273. The Morgan fingerprint density at radius 1 is 1.14 bits per heavy atom. The molecule has 3 aromatic rings. The number of thiophene rings is 1. The van der Waals surface area contributed by atoms with E-state index in [2.05, 4.69) is 29.6 Å². The number of hydrogen-bond donors (Lipinski definition) is 2. The summed E-state index contributed by atoms with van der Waals surface area (Å²) in [5.41, 5.74) is 6.41. The Balaban J connectivity index is 1.29. The summed E-state index contributed by atoms with van der Waals surface area (Å²) in [6, 6.07) is 17.2. The Kier molecular flexibility index (Phi) is 5.78. The van der Waals surface area contributed by atoms with Gasteiger partial charge in [-0.2, -0.15) is 0 Å². The number of amides is 3. The third-order valence-corrected chi connectivity index (χ3v) is 6.12. The molecule has 1 fully saturated rings. The summed E-state index contributed by atoms with van der Waals surface area (Å²) in [7, 11) is 0. The van der Waals surface area contributed by atoms with Gasteiger partial charge in [0.15, 0.2) is 0 Å². The van der Waals surface area contributed by atoms with E-state index in [4.69, 9.17) is 10.5 Å². The van der Waals surface area contributed by atoms with Gasteiger partial charge in [-0.15, -0.1) is 11.3 Å². The molecular formula is C22H23N3O3S. The zero-order valence-corrected chi connectivity index (χ0v) is 16.7. The molecule has 4 rings (SSSR count). The molecule has 0 spiro atoms. The Morgan fingerprint density at radius 2 is 1.93 bits per heavy atom. The van der Waals surface area contributed by atoms with Gasteiger partial charge < -0.3 is 20.7 Å². The molecule has 2 heterocycles. The van der Waals surface area contributed by atoms with Crippen molar-refractivity contribution < 1.29 is 14.3 Å². The molecule has 1 aliphatic heterocycles. The Labute approximate surface area is 173 Å². The number of ether oxygens (including phenoxy) is 1. The van der Waals surface area contributed by atoms with Crippen molar-refractivity contribution in [1.29, 1.82) is 0 Å². The zero-order chi connectivity index (χ0) is 20.2. The summed E-state index contributed by atoms with van der Waals surface area (Å²) >= 11 is 1.49. The van der Waals surface area contributed by atoms with Gasteiger partial charge in [0.2, 0.25) is 5.91 Å². The summed E-state index contributed by atoms with van der Waals surface area (Å²) in [6.07, 6.45) is 0.224. The van der Waals surface area contributed by atoms with Crippen molar-refractivity contribution in [1.82, 2.24) is 10.2 Å². The van der Waals surface area contributed by atoms with Crippen LogP contribution in [0.15, 0.2) is 60.0 Å². The Hall–Kier alpha value is -2.90. The molecule has 1 aliphatic rings. The second-order valence-corrected chi connectivity index (χ2v) is 8.13. The van der Waals surface area contributed by atoms with Gasteiger partial charge in [0.25, 0.3) is 0 Å². The predicted octanol–water partition coefficient (Wildman–Crippen LogP) is 3.43. The van der Waals surface area contributed by atoms with Crippen LogP contribution in [0.25, 0.3) is 10.8 Å². The highest BCUT2D eigenvalue weighted by Crippen LogP contribution is 2.25. The zero-order valence-electron chi connectivity index (χ0n) is 15.9. The van der Waals surface area contributed by atoms with Crippen LogP contribution in [-0.4, -0.2) is 36.0 Å². The maximum atomic E-state index is 12.6. The van der Waals surface area contributed by atoms with Crippen LogP contribution in [0.1, 0.15) is 22.9 Å². The van der Waals surface area contributed by atoms with Crippen molar-refractivity contribution in [2.24, 2.45) is 5.73 Å². The van der Waals surface area contributed by atoms with Crippen molar-refractivity contribution in [3.05, 3.63) is 70.4 Å². The van der Waals surface area contributed by atoms with E-state index >= 15 is 0 Å². The number of nitrogens with one attached hydrogen (secondary N) is 1. The minimum Gasteiger partial charge on any atom is -0.370 e. The highest BCUT2D eigenvalue weighted by Gasteiger charge is 2.33. The molecule has 0 bridgehead atoms. The van der Waals surface area contributed by atoms with Crippen LogP contribution in [0.5, 0.6) is 0 Å². The summed E-state index contributed by atoms with van der Waals surface area (Å²) in [5, 5.41) is 6.96. The number of hydrogen-bond acceptors (Lipinski definition) is 4. The second kappa shape index (κ2) is 8.63. The van der Waals surface area contributed by atoms with E-state index in [1.807, 2.05) is 35.7 Å². The van der Waals surface area contributed by atoms with Crippen molar-refractivity contribution in [3.8, 4) is 0 Å². The van der Waals surface area contributed by atoms with Gasteiger partial charge in [0.05, 0.1) is 25.2 Å². The highest BCUT2D eigenvalue weighted by molar-refractivity contribution is 7.10. The minimum atomic E-state index is -0.629. The lowest BCUT2D eigenvalue weighted by molar-refractivity contribution is -0.146. The topological polar surface area (TPSA) is 84.7 Å². The molecule has 150 valence electrons. The lowest BCUT2D eigenvalue weighted by Crippen LogP contribution is -2.55. The molecule has 0 saturated carbocycles. The van der Waals surface area contributed by atoms with Gasteiger partial charge in [-0.05, 0) is 27.8 Å². The van der Waals surface area contributed by atoms with Crippen LogP contribution in [0.4, 0.5) is 4.79 Å². The van der Waals surface area contributed by atoms with Gasteiger partial charge >= 0.3 is 6.03 Å². The van der Waals surface area contributed by atoms with Crippen LogP contribution < -0.4 is 11.1 Å². The van der Waals surface area contributed by atoms with Crippen molar-refractivity contribution in [2.45, 2.75) is 25.2 Å². The molecule has 3 amide bonds. The van der Waals surface area contributed by atoms with Crippen LogP contribution in [-0.2, 0) is 16.1 Å². The lowest BCUT2D eigenvalue weighted by Gasteiger charge is -2.39. The molecule has 7 heteroatoms. The van der Waals surface area contributed by atoms with Gasteiger partial charge in [-0.1, -0.05) is 48.5 Å². The van der Waals surface area contributed by atoms with E-state index in [0.29, 0.717) is 19.7 Å². The number of primary amides is 1. The fourth-order valence-electron chi connectivity index (χ4n) is 3.56. The predicted molar refractivity (Wildman–Crippen MR) is 114 cm³/mol. The minimum absolute atomic E-state index is 0.0119. The van der Waals surface area contributed by atoms with Crippen molar-refractivity contribution in [2.75, 3.05) is 13.1 Å². The molecule has 0 radical (unpaired) electrons. The van der Waals surface area contributed by atoms with E-state index < -0.39 is 12.1 Å². The molecule has 29 heavy (non-hydrogen) atoms. The summed E-state index contributed by atoms with van der Waals surface area (Å²) in [6.45, 7) is 1.66. The van der Waals surface area contributed by atoms with Gasteiger partial charge in [-0.25, -0.2) is 4.79 Å². The van der Waals surface area contributed by atoms with Crippen molar-refractivity contribution >= 4 is 34.0 Å². The number of fused-ring (bicyclic) bond motifs is 1. The van der Waals surface area contributed by atoms with Gasteiger partial charge in [-0.3, -0.25) is 4.79 Å². The molecule has 6 nitrogen and oxygen atoms in total. The van der Waals surface area contributed by atoms with E-state index in [9.17, 15) is 9.59 Å². The van der Waals surface area contributed by atoms with Crippen molar-refractivity contribution in [3.63, 3.8) is 0 Å². The number of carbonyl (C=O) groups is 2. The number of carbonyl (C=O) groups excluding carboxylic acids is 2. The van der Waals surface area contributed by atoms with Crippen LogP contribution in [0.3, 0.4) is 0 Å². The number of urea groups is 1. The molecular weight excluding hydrogens is 386 g/mol. The quantitative estimate of drug-likeness (QED) is 0.627. The Bertz CT molecular complexity index is 994. The fourth-order valence-corrected chi connectivity index (χ4v) is 4.34. The van der Waals surface area contributed by atoms with E-state index in [-0.39, 0.29) is 18.4 Å². The first-order chi connectivity index (χ1) is 14.1. The maximum absolute atomic E-state index is 12.6. The summed E-state index contributed by atoms with van der Waals surface area (Å²) < 4.78 is 6.01. The average Bonchev–Trinajstić information content (AvgIpc) is 3.21. The molecule has 2 aromatic carbocycles. The van der Waals surface area contributed by atoms with Crippen LogP contribution in [0, 0.1) is 0 Å². The molecule has 3 N–H and O–H groups in total. The first-order valence-electron chi connectivity index (χ1n) is 9.55. The lowest BCUT2D eigenvalue weighted by atomic mass is 10.0. The molecule has 1 unspecified atom stereocenters. The molecule has 1 atom stereocenters. The van der Waals surface area contributed by atoms with Gasteiger partial charge in [0.1, 0.15) is 0 Å². The molecule has 0 aliphatic carbocycles. The van der Waals surface area contributed by atoms with E-state index in [1.165, 1.54) is 22.1 Å². The van der Waals surface area contributed by atoms with Crippen LogP contribution in [0.2, 0.25) is 0 Å². The third kappa shape index (κ3) is 4.58. The van der Waals surface area contributed by atoms with E-state index in [1.54, 1.807) is 4.90 Å². The Morgan fingerprint density at radius 3 is 2.69 bits per heavy atom. The summed E-state index contributed by atoms with van der Waals surface area (Å²) in [4.78, 5) is 26.5. The number of rotatable bonds is 7. The number of nitrogens with zero attached hydrogens (tertiary/aromatic N) is 1. The molecule has 1 saturated heterocycles. The highest BCUT2D eigenvalue weighted by atomic mass is 32.1. The number of likely N-dealkylation sites (tertiary alicyclic amines) is 1. The maximum Gasteiger partial charge on any atom is 0.312 e. The largest absolute Gasteiger partial charge is 0.370 e. The van der Waals surface area contributed by atoms with Crippen LogP contribution >= 0.6 is 11.3 Å². The number of nitrogens with two attached hydrogens (primary N) is 1. The summed E-state index contributed by atoms with van der Waals surface area (Å²) in [5.74, 6) is -0.0119. The monoisotopic (exact) mass is 409 g/mol. The molecule has 1 aromatic heterocycles. The normalized spacial score (nSPS) is 15.1. The smallest absolute Gasteiger partial charge is 0.312 e. The SMILES string of the molecule is NC(=O)NC(CC(=O)N1CC(OCc2cccc3ccccc23)C1)c1cccs1. The second-order valence-electron chi connectivity index (χ2n) is 7.15. The first kappa shape index (κ1) is 19.4. The average molecular weight is 410 g/mol. The number of benzene rings is 2.